The van der Waals surface area contributed by atoms with Crippen molar-refractivity contribution in [1.29, 1.82) is 0 Å². The van der Waals surface area contributed by atoms with E-state index in [9.17, 15) is 13.2 Å². The van der Waals surface area contributed by atoms with Crippen molar-refractivity contribution in [2.75, 3.05) is 32.6 Å². The third-order valence-corrected chi connectivity index (χ3v) is 3.73. The van der Waals surface area contributed by atoms with Crippen LogP contribution in [-0.4, -0.2) is 56.4 Å². The molecule has 0 saturated carbocycles. The van der Waals surface area contributed by atoms with Gasteiger partial charge in [-0.15, -0.1) is 0 Å². The molecule has 15 heavy (non-hydrogen) atoms. The number of nitrogens with zero attached hydrogens (tertiary/aromatic N) is 1. The van der Waals surface area contributed by atoms with Gasteiger partial charge in [-0.05, 0) is 6.42 Å². The molecule has 0 aromatic rings. The number of aliphatic carboxylic acids is 1. The summed E-state index contributed by atoms with van der Waals surface area (Å²) < 4.78 is 28.8. The predicted molar refractivity (Wildman–Crippen MR) is 55.2 cm³/mol. The van der Waals surface area contributed by atoms with E-state index in [0.717, 1.165) is 4.31 Å². The van der Waals surface area contributed by atoms with Gasteiger partial charge in [0.2, 0.25) is 10.0 Å². The molecule has 0 bridgehead atoms. The molecule has 0 atom stereocenters. The van der Waals surface area contributed by atoms with E-state index in [-0.39, 0.29) is 18.9 Å². The van der Waals surface area contributed by atoms with Crippen molar-refractivity contribution in [1.82, 2.24) is 4.31 Å². The molecular formula is C8H17NO5S. The van der Waals surface area contributed by atoms with E-state index >= 15 is 0 Å². The zero-order valence-corrected chi connectivity index (χ0v) is 9.79. The van der Waals surface area contributed by atoms with Gasteiger partial charge in [0.05, 0.1) is 12.4 Å². The Bertz CT molecular complexity index is 287. The van der Waals surface area contributed by atoms with E-state index in [2.05, 4.69) is 0 Å². The van der Waals surface area contributed by atoms with Crippen molar-refractivity contribution in [3.8, 4) is 0 Å². The zero-order chi connectivity index (χ0) is 11.9. The van der Waals surface area contributed by atoms with Crippen molar-refractivity contribution in [2.45, 2.75) is 13.3 Å². The third-order valence-electron chi connectivity index (χ3n) is 1.71. The number of carbonyl (C=O) groups is 1. The maximum Gasteiger partial charge on any atom is 0.318 e. The highest BCUT2D eigenvalue weighted by atomic mass is 32.2. The second-order valence-corrected chi connectivity index (χ2v) is 5.12. The van der Waals surface area contributed by atoms with Gasteiger partial charge >= 0.3 is 5.97 Å². The van der Waals surface area contributed by atoms with Gasteiger partial charge in [-0.1, -0.05) is 6.92 Å². The fourth-order valence-corrected chi connectivity index (χ4v) is 2.48. The van der Waals surface area contributed by atoms with Crippen LogP contribution in [-0.2, 0) is 19.6 Å². The Morgan fingerprint density at radius 3 is 2.47 bits per heavy atom. The Balaban J connectivity index is 4.53. The van der Waals surface area contributed by atoms with E-state index in [4.69, 9.17) is 9.84 Å². The number of rotatable bonds is 8. The standard InChI is InChI=1S/C8H17NO5S/c1-3-6-15(12,13)9(4-5-14-2)7-8(10)11/h3-7H2,1-2H3,(H,10,11). The molecule has 0 radical (unpaired) electrons. The molecule has 0 spiro atoms. The fourth-order valence-electron chi connectivity index (χ4n) is 1.05. The topological polar surface area (TPSA) is 83.9 Å². The zero-order valence-electron chi connectivity index (χ0n) is 8.97. The minimum atomic E-state index is -3.47. The first-order chi connectivity index (χ1) is 6.94. The van der Waals surface area contributed by atoms with Gasteiger partial charge in [-0.3, -0.25) is 4.79 Å². The second-order valence-electron chi connectivity index (χ2n) is 3.04. The first-order valence-corrected chi connectivity index (χ1v) is 6.23. The maximum atomic E-state index is 11.6. The highest BCUT2D eigenvalue weighted by Gasteiger charge is 2.22. The summed E-state index contributed by atoms with van der Waals surface area (Å²) >= 11 is 0. The van der Waals surface area contributed by atoms with Crippen molar-refractivity contribution < 1.29 is 23.1 Å². The SMILES string of the molecule is CCCS(=O)(=O)N(CCOC)CC(=O)O. The van der Waals surface area contributed by atoms with Gasteiger partial charge in [-0.25, -0.2) is 8.42 Å². The maximum absolute atomic E-state index is 11.6. The molecule has 0 fully saturated rings. The van der Waals surface area contributed by atoms with Crippen LogP contribution in [0.15, 0.2) is 0 Å². The summed E-state index contributed by atoms with van der Waals surface area (Å²) in [6.45, 7) is 1.49. The second kappa shape index (κ2) is 6.76. The van der Waals surface area contributed by atoms with E-state index < -0.39 is 22.5 Å². The lowest BCUT2D eigenvalue weighted by Gasteiger charge is -2.19. The Kier molecular flexibility index (Phi) is 6.46. The molecule has 0 amide bonds. The Morgan fingerprint density at radius 1 is 1.47 bits per heavy atom. The van der Waals surface area contributed by atoms with E-state index in [1.807, 2.05) is 0 Å². The van der Waals surface area contributed by atoms with Crippen molar-refractivity contribution >= 4 is 16.0 Å². The smallest absolute Gasteiger partial charge is 0.318 e. The first kappa shape index (κ1) is 14.3. The predicted octanol–water partition coefficient (Wildman–Crippen LogP) is -0.241. The number of sulfonamides is 1. The van der Waals surface area contributed by atoms with Crippen LogP contribution in [0.25, 0.3) is 0 Å². The van der Waals surface area contributed by atoms with Crippen LogP contribution in [0, 0.1) is 0 Å². The summed E-state index contributed by atoms with van der Waals surface area (Å²) in [5.74, 6) is -1.20. The minimum absolute atomic E-state index is 0.0377. The van der Waals surface area contributed by atoms with Crippen molar-refractivity contribution in [2.24, 2.45) is 0 Å². The lowest BCUT2D eigenvalue weighted by Crippen LogP contribution is -2.39. The van der Waals surface area contributed by atoms with Crippen molar-refractivity contribution in [3.05, 3.63) is 0 Å². The number of methoxy groups -OCH3 is 1. The highest BCUT2D eigenvalue weighted by molar-refractivity contribution is 7.89. The summed E-state index contributed by atoms with van der Waals surface area (Å²) in [4.78, 5) is 10.5. The lowest BCUT2D eigenvalue weighted by molar-refractivity contribution is -0.137. The molecule has 0 heterocycles. The van der Waals surface area contributed by atoms with E-state index in [0.29, 0.717) is 6.42 Å². The molecule has 0 rings (SSSR count). The van der Waals surface area contributed by atoms with Crippen LogP contribution in [0.5, 0.6) is 0 Å². The van der Waals surface area contributed by atoms with E-state index in [1.54, 1.807) is 6.92 Å². The summed E-state index contributed by atoms with van der Waals surface area (Å²) in [6, 6.07) is 0. The largest absolute Gasteiger partial charge is 0.480 e. The Labute approximate surface area is 89.9 Å². The molecule has 0 unspecified atom stereocenters. The Morgan fingerprint density at radius 2 is 2.07 bits per heavy atom. The van der Waals surface area contributed by atoms with Gasteiger partial charge in [0.1, 0.15) is 6.54 Å². The summed E-state index contributed by atoms with van der Waals surface area (Å²) in [5.41, 5.74) is 0. The summed E-state index contributed by atoms with van der Waals surface area (Å²) in [6.07, 6.45) is 0.464. The van der Waals surface area contributed by atoms with Gasteiger partial charge in [0.15, 0.2) is 0 Å². The minimum Gasteiger partial charge on any atom is -0.480 e. The fraction of sp³-hybridized carbons (Fsp3) is 0.875. The van der Waals surface area contributed by atoms with Crippen LogP contribution in [0.4, 0.5) is 0 Å². The summed E-state index contributed by atoms with van der Waals surface area (Å²) in [7, 11) is -2.03. The highest BCUT2D eigenvalue weighted by Crippen LogP contribution is 2.03. The number of hydrogen-bond acceptors (Lipinski definition) is 4. The molecule has 0 aliphatic carbocycles. The van der Waals surface area contributed by atoms with E-state index in [1.165, 1.54) is 7.11 Å². The van der Waals surface area contributed by atoms with Crippen LogP contribution in [0.2, 0.25) is 0 Å². The number of carboxylic acids is 1. The van der Waals surface area contributed by atoms with Gasteiger partial charge in [-0.2, -0.15) is 4.31 Å². The van der Waals surface area contributed by atoms with Gasteiger partial charge in [0, 0.05) is 13.7 Å². The summed E-state index contributed by atoms with van der Waals surface area (Å²) in [5, 5.41) is 8.57. The third kappa shape index (κ3) is 5.71. The quantitative estimate of drug-likeness (QED) is 0.632. The van der Waals surface area contributed by atoms with Gasteiger partial charge < -0.3 is 9.84 Å². The molecule has 0 saturated heterocycles. The molecule has 0 aliphatic rings. The average Bonchev–Trinajstić information content (AvgIpc) is 2.11. The number of carboxylic acid groups (broad SMARTS) is 1. The van der Waals surface area contributed by atoms with Crippen LogP contribution >= 0.6 is 0 Å². The molecule has 90 valence electrons. The number of hydrogen-bond donors (Lipinski definition) is 1. The molecule has 6 nitrogen and oxygen atoms in total. The van der Waals surface area contributed by atoms with Crippen LogP contribution in [0.3, 0.4) is 0 Å². The van der Waals surface area contributed by atoms with Crippen LogP contribution in [0.1, 0.15) is 13.3 Å². The molecule has 7 heteroatoms. The molecule has 0 aromatic carbocycles. The average molecular weight is 239 g/mol. The van der Waals surface area contributed by atoms with Crippen molar-refractivity contribution in [3.63, 3.8) is 0 Å². The molecule has 0 aliphatic heterocycles. The molecular weight excluding hydrogens is 222 g/mol. The van der Waals surface area contributed by atoms with Crippen LogP contribution < -0.4 is 0 Å². The lowest BCUT2D eigenvalue weighted by atomic mass is 10.6. The van der Waals surface area contributed by atoms with Gasteiger partial charge in [0.25, 0.3) is 0 Å². The first-order valence-electron chi connectivity index (χ1n) is 4.62. The Hall–Kier alpha value is -0.660. The monoisotopic (exact) mass is 239 g/mol. The molecule has 0 aromatic heterocycles. The molecule has 1 N–H and O–H groups in total. The number of ether oxygens (including phenoxy) is 1. The normalized spacial score (nSPS) is 11.9.